The van der Waals surface area contributed by atoms with Crippen molar-refractivity contribution in [2.75, 3.05) is 13.1 Å². The number of likely N-dealkylation sites (tertiary alicyclic amines) is 1. The molecule has 2 fully saturated rings. The molecule has 2 rings (SSSR count). The van der Waals surface area contributed by atoms with Crippen LogP contribution in [0.1, 0.15) is 41.0 Å². The van der Waals surface area contributed by atoms with E-state index < -0.39 is 0 Å². The van der Waals surface area contributed by atoms with E-state index in [1.807, 2.05) is 13.8 Å². The molecule has 4 nitrogen and oxygen atoms in total. The summed E-state index contributed by atoms with van der Waals surface area (Å²) in [5, 5.41) is 3.44. The number of hydrogen-bond donors (Lipinski definition) is 1. The molecule has 1 heterocycles. The summed E-state index contributed by atoms with van der Waals surface area (Å²) in [6.07, 6.45) is 1.06. The van der Waals surface area contributed by atoms with Gasteiger partial charge in [-0.15, -0.1) is 0 Å². The molecule has 0 aromatic rings. The Labute approximate surface area is 115 Å². The van der Waals surface area contributed by atoms with Gasteiger partial charge in [0.15, 0.2) is 0 Å². The Bertz CT molecular complexity index is 366. The minimum atomic E-state index is -0.102. The summed E-state index contributed by atoms with van der Waals surface area (Å²) in [6.45, 7) is 11.9. The predicted octanol–water partition coefficient (Wildman–Crippen LogP) is 1.65. The van der Waals surface area contributed by atoms with Crippen LogP contribution in [0.15, 0.2) is 0 Å². The van der Waals surface area contributed by atoms with Gasteiger partial charge in [-0.25, -0.2) is 0 Å². The monoisotopic (exact) mass is 266 g/mol. The molecule has 0 radical (unpaired) electrons. The van der Waals surface area contributed by atoms with Gasteiger partial charge in [-0.1, -0.05) is 34.6 Å². The molecule has 1 N–H and O–H groups in total. The van der Waals surface area contributed by atoms with E-state index in [0.29, 0.717) is 12.5 Å². The normalized spacial score (nSPS) is 29.9. The van der Waals surface area contributed by atoms with E-state index in [9.17, 15) is 9.59 Å². The third-order valence-corrected chi connectivity index (χ3v) is 4.73. The number of nitrogens with zero attached hydrogens (tertiary/aromatic N) is 1. The Morgan fingerprint density at radius 1 is 1.21 bits per heavy atom. The van der Waals surface area contributed by atoms with E-state index in [0.717, 1.165) is 13.0 Å². The first-order valence-corrected chi connectivity index (χ1v) is 7.41. The highest BCUT2D eigenvalue weighted by Crippen LogP contribution is 2.63. The van der Waals surface area contributed by atoms with Crippen LogP contribution in [0.25, 0.3) is 0 Å². The smallest absolute Gasteiger partial charge is 0.233 e. The lowest BCUT2D eigenvalue weighted by Crippen LogP contribution is -2.48. The molecule has 4 heteroatoms. The van der Waals surface area contributed by atoms with Crippen LogP contribution >= 0.6 is 0 Å². The van der Waals surface area contributed by atoms with E-state index in [4.69, 9.17) is 0 Å². The van der Waals surface area contributed by atoms with Crippen LogP contribution in [0.3, 0.4) is 0 Å². The molecule has 1 aliphatic carbocycles. The maximum atomic E-state index is 12.3. The van der Waals surface area contributed by atoms with Gasteiger partial charge in [0.25, 0.3) is 0 Å². The van der Waals surface area contributed by atoms with E-state index in [2.05, 4.69) is 26.1 Å². The van der Waals surface area contributed by atoms with Crippen molar-refractivity contribution in [3.05, 3.63) is 0 Å². The third kappa shape index (κ3) is 2.31. The lowest BCUT2D eigenvalue weighted by atomic mass is 10.0. The van der Waals surface area contributed by atoms with Crippen molar-refractivity contribution in [3.8, 4) is 0 Å². The number of piperidine rings is 1. The second-order valence-electron chi connectivity index (χ2n) is 6.87. The average molecular weight is 266 g/mol. The van der Waals surface area contributed by atoms with Gasteiger partial charge in [-0.3, -0.25) is 14.5 Å². The molecule has 1 aliphatic heterocycles. The number of carbonyl (C=O) groups is 2. The van der Waals surface area contributed by atoms with Crippen LogP contribution in [-0.2, 0) is 9.59 Å². The minimum Gasteiger partial charge on any atom is -0.312 e. The van der Waals surface area contributed by atoms with Crippen LogP contribution in [0.5, 0.6) is 0 Å². The van der Waals surface area contributed by atoms with Gasteiger partial charge in [-0.2, -0.15) is 0 Å². The van der Waals surface area contributed by atoms with Crippen LogP contribution < -0.4 is 5.32 Å². The van der Waals surface area contributed by atoms with Gasteiger partial charge in [0.1, 0.15) is 0 Å². The van der Waals surface area contributed by atoms with Crippen LogP contribution in [0.2, 0.25) is 0 Å². The Balaban J connectivity index is 2.00. The van der Waals surface area contributed by atoms with Crippen LogP contribution in [0.4, 0.5) is 0 Å². The van der Waals surface area contributed by atoms with Crippen molar-refractivity contribution in [1.29, 1.82) is 0 Å². The standard InChI is InChI=1S/C15H26N2O2/c1-6-7-16-10(9(2)3)8-17-13(18)11-12(14(17)19)15(11,4)5/h9-12,16H,6-8H2,1-5H3. The number of amides is 2. The highest BCUT2D eigenvalue weighted by Gasteiger charge is 2.72. The molecule has 19 heavy (non-hydrogen) atoms. The van der Waals surface area contributed by atoms with E-state index in [1.54, 1.807) is 0 Å². The molecular formula is C15H26N2O2. The zero-order valence-electron chi connectivity index (χ0n) is 12.7. The van der Waals surface area contributed by atoms with Gasteiger partial charge in [0.05, 0.1) is 11.8 Å². The lowest BCUT2D eigenvalue weighted by molar-refractivity contribution is -0.143. The summed E-state index contributed by atoms with van der Waals surface area (Å²) >= 11 is 0. The topological polar surface area (TPSA) is 49.4 Å². The Morgan fingerprint density at radius 3 is 2.16 bits per heavy atom. The molecule has 3 unspecified atom stereocenters. The van der Waals surface area contributed by atoms with Crippen molar-refractivity contribution < 1.29 is 9.59 Å². The van der Waals surface area contributed by atoms with Crippen molar-refractivity contribution >= 4 is 11.8 Å². The fourth-order valence-corrected chi connectivity index (χ4v) is 3.22. The Kier molecular flexibility index (Phi) is 3.74. The fourth-order valence-electron chi connectivity index (χ4n) is 3.22. The molecule has 2 amide bonds. The summed E-state index contributed by atoms with van der Waals surface area (Å²) in [5.74, 6) is 0.392. The SMILES string of the molecule is CCCNC(CN1C(=O)C2C(C1=O)C2(C)C)C(C)C. The molecule has 0 spiro atoms. The lowest BCUT2D eigenvalue weighted by Gasteiger charge is -2.28. The summed E-state index contributed by atoms with van der Waals surface area (Å²) in [7, 11) is 0. The Hall–Kier alpha value is -0.900. The maximum Gasteiger partial charge on any atom is 0.233 e. The molecule has 2 aliphatic rings. The van der Waals surface area contributed by atoms with Gasteiger partial charge in [0, 0.05) is 12.6 Å². The highest BCUT2D eigenvalue weighted by atomic mass is 16.2. The largest absolute Gasteiger partial charge is 0.312 e. The van der Waals surface area contributed by atoms with E-state index in [-0.39, 0.29) is 35.1 Å². The summed E-state index contributed by atoms with van der Waals surface area (Å²) in [4.78, 5) is 26.1. The average Bonchev–Trinajstić information content (AvgIpc) is 2.79. The number of carbonyl (C=O) groups excluding carboxylic acids is 2. The molecule has 0 bridgehead atoms. The number of nitrogens with one attached hydrogen (secondary N) is 1. The van der Waals surface area contributed by atoms with Gasteiger partial charge in [0.2, 0.25) is 11.8 Å². The number of imide groups is 1. The molecule has 1 saturated carbocycles. The zero-order valence-corrected chi connectivity index (χ0v) is 12.7. The molecule has 3 atom stereocenters. The molecule has 108 valence electrons. The fraction of sp³-hybridized carbons (Fsp3) is 0.867. The van der Waals surface area contributed by atoms with E-state index in [1.165, 1.54) is 4.90 Å². The first kappa shape index (κ1) is 14.5. The second kappa shape index (κ2) is 4.89. The first-order chi connectivity index (χ1) is 8.82. The van der Waals surface area contributed by atoms with Gasteiger partial charge < -0.3 is 5.32 Å². The van der Waals surface area contributed by atoms with Gasteiger partial charge >= 0.3 is 0 Å². The molecule has 0 aromatic carbocycles. The Morgan fingerprint density at radius 2 is 1.74 bits per heavy atom. The third-order valence-electron chi connectivity index (χ3n) is 4.73. The van der Waals surface area contributed by atoms with Crippen LogP contribution in [0, 0.1) is 23.2 Å². The van der Waals surface area contributed by atoms with Crippen molar-refractivity contribution in [1.82, 2.24) is 10.2 Å². The van der Waals surface area contributed by atoms with Crippen molar-refractivity contribution in [2.45, 2.75) is 47.1 Å². The summed E-state index contributed by atoms with van der Waals surface area (Å²) in [5.41, 5.74) is -0.102. The van der Waals surface area contributed by atoms with E-state index >= 15 is 0 Å². The number of fused-ring (bicyclic) bond motifs is 1. The van der Waals surface area contributed by atoms with Gasteiger partial charge in [-0.05, 0) is 24.3 Å². The number of rotatable bonds is 6. The van der Waals surface area contributed by atoms with Crippen molar-refractivity contribution in [3.63, 3.8) is 0 Å². The highest BCUT2D eigenvalue weighted by molar-refractivity contribution is 6.10. The quantitative estimate of drug-likeness (QED) is 0.744. The minimum absolute atomic E-state index is 0.0453. The predicted molar refractivity (Wildman–Crippen MR) is 74.4 cm³/mol. The second-order valence-corrected chi connectivity index (χ2v) is 6.87. The summed E-state index contributed by atoms with van der Waals surface area (Å²) < 4.78 is 0. The maximum absolute atomic E-state index is 12.3. The molecule has 1 saturated heterocycles. The molecular weight excluding hydrogens is 240 g/mol. The first-order valence-electron chi connectivity index (χ1n) is 7.41. The van der Waals surface area contributed by atoms with Crippen LogP contribution in [-0.4, -0.2) is 35.8 Å². The molecule has 0 aromatic heterocycles. The zero-order chi connectivity index (χ0) is 14.4. The number of hydrogen-bond acceptors (Lipinski definition) is 3. The summed E-state index contributed by atoms with van der Waals surface area (Å²) in [6, 6.07) is 0.202. The van der Waals surface area contributed by atoms with Crippen molar-refractivity contribution in [2.24, 2.45) is 23.2 Å².